The third-order valence-electron chi connectivity index (χ3n) is 2.45. The monoisotopic (exact) mass is 214 g/mol. The molecule has 1 rings (SSSR count). The lowest BCUT2D eigenvalue weighted by Crippen LogP contribution is -2.20. The number of rotatable bonds is 5. The van der Waals surface area contributed by atoms with Gasteiger partial charge in [0.2, 0.25) is 0 Å². The van der Waals surface area contributed by atoms with Gasteiger partial charge in [0.15, 0.2) is 0 Å². The van der Waals surface area contributed by atoms with Crippen LogP contribution in [0.1, 0.15) is 45.4 Å². The first-order valence-corrected chi connectivity index (χ1v) is 6.42. The van der Waals surface area contributed by atoms with E-state index < -0.39 is 0 Å². The van der Waals surface area contributed by atoms with Crippen molar-refractivity contribution >= 4 is 23.3 Å². The molecule has 2 nitrogen and oxygen atoms in total. The standard InChI is InChI=1S/C11H18O2S/c1-2-3-4-9(12)7-11-8-10(13)5-6-14-11/h11H,2-8H2,1H3. The zero-order chi connectivity index (χ0) is 10.4. The van der Waals surface area contributed by atoms with Gasteiger partial charge in [0.25, 0.3) is 0 Å². The Balaban J connectivity index is 2.22. The molecule has 0 aromatic carbocycles. The normalized spacial score (nSPS) is 22.4. The van der Waals surface area contributed by atoms with Crippen molar-refractivity contribution in [2.75, 3.05) is 5.75 Å². The summed E-state index contributed by atoms with van der Waals surface area (Å²) in [5, 5.41) is 0.278. The van der Waals surface area contributed by atoms with Crippen LogP contribution in [0, 0.1) is 0 Å². The number of Topliss-reactive ketones (excluding diaryl/α,β-unsaturated/α-hetero) is 2. The molecule has 0 spiro atoms. The van der Waals surface area contributed by atoms with Crippen LogP contribution in [0.4, 0.5) is 0 Å². The molecule has 1 fully saturated rings. The molecule has 1 saturated heterocycles. The van der Waals surface area contributed by atoms with Crippen molar-refractivity contribution < 1.29 is 9.59 Å². The summed E-state index contributed by atoms with van der Waals surface area (Å²) in [4.78, 5) is 22.6. The summed E-state index contributed by atoms with van der Waals surface area (Å²) in [5.74, 6) is 1.57. The lowest BCUT2D eigenvalue weighted by Gasteiger charge is -2.19. The van der Waals surface area contributed by atoms with Gasteiger partial charge in [-0.05, 0) is 6.42 Å². The Morgan fingerprint density at radius 2 is 2.36 bits per heavy atom. The molecule has 1 heterocycles. The predicted molar refractivity (Wildman–Crippen MR) is 59.6 cm³/mol. The summed E-state index contributed by atoms with van der Waals surface area (Å²) in [6.45, 7) is 2.09. The van der Waals surface area contributed by atoms with E-state index in [-0.39, 0.29) is 5.25 Å². The van der Waals surface area contributed by atoms with Crippen molar-refractivity contribution in [2.24, 2.45) is 0 Å². The van der Waals surface area contributed by atoms with Gasteiger partial charge in [-0.2, -0.15) is 11.8 Å². The fraction of sp³-hybridized carbons (Fsp3) is 0.818. The van der Waals surface area contributed by atoms with Crippen molar-refractivity contribution in [3.63, 3.8) is 0 Å². The van der Waals surface area contributed by atoms with Crippen molar-refractivity contribution in [1.82, 2.24) is 0 Å². The van der Waals surface area contributed by atoms with Crippen molar-refractivity contribution in [3.8, 4) is 0 Å². The van der Waals surface area contributed by atoms with E-state index in [0.29, 0.717) is 37.2 Å². The van der Waals surface area contributed by atoms with Gasteiger partial charge in [0, 0.05) is 36.7 Å². The molecule has 3 heteroatoms. The maximum Gasteiger partial charge on any atom is 0.134 e. The van der Waals surface area contributed by atoms with Crippen molar-refractivity contribution in [2.45, 2.75) is 50.7 Å². The summed E-state index contributed by atoms with van der Waals surface area (Å²) >= 11 is 1.79. The molecular weight excluding hydrogens is 196 g/mol. The Morgan fingerprint density at radius 1 is 1.57 bits per heavy atom. The lowest BCUT2D eigenvalue weighted by molar-refractivity contribution is -0.120. The molecule has 0 aliphatic carbocycles. The van der Waals surface area contributed by atoms with E-state index >= 15 is 0 Å². The number of hydrogen-bond donors (Lipinski definition) is 0. The molecule has 0 saturated carbocycles. The Morgan fingerprint density at radius 3 is 3.00 bits per heavy atom. The van der Waals surface area contributed by atoms with Gasteiger partial charge in [-0.15, -0.1) is 0 Å². The van der Waals surface area contributed by atoms with E-state index in [0.717, 1.165) is 18.6 Å². The van der Waals surface area contributed by atoms with Crippen molar-refractivity contribution in [1.29, 1.82) is 0 Å². The highest BCUT2D eigenvalue weighted by Gasteiger charge is 2.21. The smallest absolute Gasteiger partial charge is 0.134 e. The van der Waals surface area contributed by atoms with E-state index in [2.05, 4.69) is 6.92 Å². The van der Waals surface area contributed by atoms with E-state index in [1.807, 2.05) is 0 Å². The highest BCUT2D eigenvalue weighted by atomic mass is 32.2. The highest BCUT2D eigenvalue weighted by Crippen LogP contribution is 2.26. The van der Waals surface area contributed by atoms with E-state index in [9.17, 15) is 9.59 Å². The number of ketones is 2. The molecule has 1 aliphatic rings. The molecule has 1 unspecified atom stereocenters. The minimum Gasteiger partial charge on any atom is -0.300 e. The average Bonchev–Trinajstić information content (AvgIpc) is 2.15. The largest absolute Gasteiger partial charge is 0.300 e. The average molecular weight is 214 g/mol. The second-order valence-electron chi connectivity index (χ2n) is 3.83. The van der Waals surface area contributed by atoms with Gasteiger partial charge >= 0.3 is 0 Å². The van der Waals surface area contributed by atoms with Crippen LogP contribution >= 0.6 is 11.8 Å². The summed E-state index contributed by atoms with van der Waals surface area (Å²) in [5.41, 5.74) is 0. The van der Waals surface area contributed by atoms with Crippen LogP contribution in [0.5, 0.6) is 0 Å². The first-order chi connectivity index (χ1) is 6.72. The Labute approximate surface area is 89.8 Å². The molecule has 0 aromatic rings. The number of carbonyl (C=O) groups excluding carboxylic acids is 2. The zero-order valence-corrected chi connectivity index (χ0v) is 9.57. The van der Waals surface area contributed by atoms with Gasteiger partial charge in [0.1, 0.15) is 11.6 Å². The van der Waals surface area contributed by atoms with Gasteiger partial charge in [-0.25, -0.2) is 0 Å². The van der Waals surface area contributed by atoms with E-state index in [1.165, 1.54) is 0 Å². The molecule has 0 aromatic heterocycles. The molecule has 1 atom stereocenters. The molecule has 1 aliphatic heterocycles. The number of thioether (sulfide) groups is 1. The van der Waals surface area contributed by atoms with Crippen LogP contribution in [0.3, 0.4) is 0 Å². The quantitative estimate of drug-likeness (QED) is 0.705. The SMILES string of the molecule is CCCCC(=O)CC1CC(=O)CCS1. The summed E-state index contributed by atoms with van der Waals surface area (Å²) in [7, 11) is 0. The summed E-state index contributed by atoms with van der Waals surface area (Å²) in [6.07, 6.45) is 4.68. The summed E-state index contributed by atoms with van der Waals surface area (Å²) in [6, 6.07) is 0. The molecular formula is C11H18O2S. The third kappa shape index (κ3) is 4.27. The van der Waals surface area contributed by atoms with Gasteiger partial charge in [-0.1, -0.05) is 13.3 Å². The maximum atomic E-state index is 11.5. The van der Waals surface area contributed by atoms with E-state index in [1.54, 1.807) is 11.8 Å². The Hall–Kier alpha value is -0.310. The van der Waals surface area contributed by atoms with Crippen LogP contribution in [-0.4, -0.2) is 22.6 Å². The topological polar surface area (TPSA) is 34.1 Å². The molecule has 80 valence electrons. The van der Waals surface area contributed by atoms with Crippen molar-refractivity contribution in [3.05, 3.63) is 0 Å². The fourth-order valence-corrected chi connectivity index (χ4v) is 2.90. The minimum absolute atomic E-state index is 0.278. The highest BCUT2D eigenvalue weighted by molar-refractivity contribution is 8.00. The molecule has 0 radical (unpaired) electrons. The predicted octanol–water partition coefficient (Wildman–Crippen LogP) is 2.60. The van der Waals surface area contributed by atoms with Crippen LogP contribution in [0.2, 0.25) is 0 Å². The summed E-state index contributed by atoms with van der Waals surface area (Å²) < 4.78 is 0. The molecule has 14 heavy (non-hydrogen) atoms. The van der Waals surface area contributed by atoms with Crippen LogP contribution in [-0.2, 0) is 9.59 Å². The first kappa shape index (κ1) is 11.8. The van der Waals surface area contributed by atoms with Gasteiger partial charge < -0.3 is 0 Å². The number of unbranched alkanes of at least 4 members (excludes halogenated alkanes) is 1. The second kappa shape index (κ2) is 6.23. The molecule has 0 amide bonds. The second-order valence-corrected chi connectivity index (χ2v) is 5.24. The van der Waals surface area contributed by atoms with Gasteiger partial charge in [0.05, 0.1) is 0 Å². The number of hydrogen-bond acceptors (Lipinski definition) is 3. The lowest BCUT2D eigenvalue weighted by atomic mass is 10.0. The number of carbonyl (C=O) groups is 2. The van der Waals surface area contributed by atoms with Crippen LogP contribution in [0.25, 0.3) is 0 Å². The van der Waals surface area contributed by atoms with E-state index in [4.69, 9.17) is 0 Å². The van der Waals surface area contributed by atoms with Gasteiger partial charge in [-0.3, -0.25) is 9.59 Å². The third-order valence-corrected chi connectivity index (χ3v) is 3.70. The first-order valence-electron chi connectivity index (χ1n) is 5.37. The molecule has 0 bridgehead atoms. The fourth-order valence-electron chi connectivity index (χ4n) is 1.62. The minimum atomic E-state index is 0.278. The van der Waals surface area contributed by atoms with Crippen LogP contribution < -0.4 is 0 Å². The zero-order valence-electron chi connectivity index (χ0n) is 8.75. The maximum absolute atomic E-state index is 11.5. The molecule has 0 N–H and O–H groups in total. The Kier molecular flexibility index (Phi) is 5.23. The van der Waals surface area contributed by atoms with Crippen LogP contribution in [0.15, 0.2) is 0 Å². The Bertz CT molecular complexity index is 213.